The van der Waals surface area contributed by atoms with Gasteiger partial charge in [-0.2, -0.15) is 0 Å². The predicted molar refractivity (Wildman–Crippen MR) is 78.0 cm³/mol. The summed E-state index contributed by atoms with van der Waals surface area (Å²) in [7, 11) is -6.58. The summed E-state index contributed by atoms with van der Waals surface area (Å²) < 4.78 is 42.9. The van der Waals surface area contributed by atoms with Crippen LogP contribution in [0.15, 0.2) is 0 Å². The van der Waals surface area contributed by atoms with E-state index in [0.717, 1.165) is 25.9 Å². The van der Waals surface area contributed by atoms with Crippen LogP contribution in [0, 0.1) is 0 Å². The van der Waals surface area contributed by atoms with Gasteiger partial charge in [-0.3, -0.25) is 0 Å². The summed E-state index contributed by atoms with van der Waals surface area (Å²) in [4.78, 5) is 0. The zero-order chi connectivity index (χ0) is 15.2. The van der Waals surface area contributed by atoms with Crippen molar-refractivity contribution in [3.05, 3.63) is 0 Å². The summed E-state index contributed by atoms with van der Waals surface area (Å²) in [5, 5.41) is 15.1. The first-order valence-corrected chi connectivity index (χ1v) is 9.88. The first kappa shape index (κ1) is 17.8. The molecule has 120 valence electrons. The van der Waals surface area contributed by atoms with Crippen molar-refractivity contribution in [1.82, 2.24) is 10.6 Å². The van der Waals surface area contributed by atoms with Crippen molar-refractivity contribution >= 4 is 20.0 Å². The maximum absolute atomic E-state index is 10.7. The molecule has 2 atom stereocenters. The Morgan fingerprint density at radius 1 is 0.750 bits per heavy atom. The van der Waals surface area contributed by atoms with Crippen LogP contribution in [0.2, 0.25) is 0 Å². The van der Waals surface area contributed by atoms with Gasteiger partial charge in [0.1, 0.15) is 0 Å². The fourth-order valence-corrected chi connectivity index (χ4v) is 3.89. The fraction of sp³-hybridized carbons (Fsp3) is 1.00. The zero-order valence-corrected chi connectivity index (χ0v) is 13.0. The highest BCUT2D eigenvalue weighted by Gasteiger charge is 2.23. The van der Waals surface area contributed by atoms with E-state index in [9.17, 15) is 16.8 Å². The van der Waals surface area contributed by atoms with Crippen LogP contribution in [0.25, 0.3) is 0 Å². The van der Waals surface area contributed by atoms with E-state index in [4.69, 9.17) is 10.3 Å². The second-order valence-electron chi connectivity index (χ2n) is 5.11. The molecule has 10 heteroatoms. The summed E-state index contributed by atoms with van der Waals surface area (Å²) in [6.07, 6.45) is 3.21. The molecule has 8 nitrogen and oxygen atoms in total. The molecule has 0 amide bonds. The van der Waals surface area contributed by atoms with Gasteiger partial charge in [0.05, 0.1) is 10.5 Å². The van der Waals surface area contributed by atoms with Crippen LogP contribution in [0.4, 0.5) is 0 Å². The number of piperidine rings is 2. The summed E-state index contributed by atoms with van der Waals surface area (Å²) >= 11 is 0. The SMILES string of the molecule is NS(=O)(=O)[C@@H]1CCCNC1.NS(=O)(=O)[C@H]1CCCNC1. The largest absolute Gasteiger partial charge is 0.315 e. The summed E-state index contributed by atoms with van der Waals surface area (Å²) in [6.45, 7) is 2.84. The molecule has 0 bridgehead atoms. The van der Waals surface area contributed by atoms with Gasteiger partial charge in [0.2, 0.25) is 20.0 Å². The molecule has 0 aromatic heterocycles. The molecule has 2 fully saturated rings. The van der Waals surface area contributed by atoms with Crippen molar-refractivity contribution in [3.8, 4) is 0 Å². The van der Waals surface area contributed by atoms with Crippen LogP contribution in [-0.2, 0) is 20.0 Å². The number of hydrogen-bond acceptors (Lipinski definition) is 6. The van der Waals surface area contributed by atoms with Gasteiger partial charge in [-0.15, -0.1) is 0 Å². The minimum Gasteiger partial charge on any atom is -0.315 e. The van der Waals surface area contributed by atoms with Crippen LogP contribution >= 0.6 is 0 Å². The molecule has 6 N–H and O–H groups in total. The van der Waals surface area contributed by atoms with Crippen molar-refractivity contribution in [1.29, 1.82) is 0 Å². The van der Waals surface area contributed by atoms with E-state index < -0.39 is 20.0 Å². The van der Waals surface area contributed by atoms with Gasteiger partial charge >= 0.3 is 0 Å². The molecule has 2 aliphatic heterocycles. The summed E-state index contributed by atoms with van der Waals surface area (Å²) in [6, 6.07) is 0. The average molecular weight is 328 g/mol. The number of nitrogens with two attached hydrogens (primary N) is 2. The van der Waals surface area contributed by atoms with Gasteiger partial charge in [-0.25, -0.2) is 27.1 Å². The lowest BCUT2D eigenvalue weighted by Crippen LogP contribution is -2.41. The molecule has 0 spiro atoms. The summed E-state index contributed by atoms with van der Waals surface area (Å²) in [5.41, 5.74) is 0. The zero-order valence-electron chi connectivity index (χ0n) is 11.4. The quantitative estimate of drug-likeness (QED) is 0.464. The van der Waals surface area contributed by atoms with Crippen LogP contribution < -0.4 is 20.9 Å². The molecule has 0 aliphatic carbocycles. The molecule has 0 radical (unpaired) electrons. The second-order valence-corrected chi connectivity index (χ2v) is 8.80. The molecule has 2 saturated heterocycles. The number of primary sulfonamides is 2. The van der Waals surface area contributed by atoms with Crippen LogP contribution in [-0.4, -0.2) is 53.5 Å². The summed E-state index contributed by atoms with van der Waals surface area (Å²) in [5.74, 6) is 0. The maximum atomic E-state index is 10.7. The number of rotatable bonds is 2. The Morgan fingerprint density at radius 3 is 1.25 bits per heavy atom. The molecule has 0 aromatic rings. The third-order valence-corrected chi connectivity index (χ3v) is 6.10. The Balaban J connectivity index is 0.000000200. The molecule has 2 rings (SSSR count). The minimum atomic E-state index is -3.29. The van der Waals surface area contributed by atoms with E-state index in [1.165, 1.54) is 0 Å². The number of nitrogens with one attached hydrogen (secondary N) is 2. The van der Waals surface area contributed by atoms with Crippen molar-refractivity contribution < 1.29 is 16.8 Å². The average Bonchev–Trinajstić information content (AvgIpc) is 2.40. The Bertz CT molecular complexity index is 433. The fourth-order valence-electron chi connectivity index (χ4n) is 2.20. The van der Waals surface area contributed by atoms with Gasteiger partial charge in [0.15, 0.2) is 0 Å². The monoisotopic (exact) mass is 328 g/mol. The van der Waals surface area contributed by atoms with Gasteiger partial charge in [-0.1, -0.05) is 0 Å². The lowest BCUT2D eigenvalue weighted by Gasteiger charge is -2.20. The van der Waals surface area contributed by atoms with Gasteiger partial charge in [-0.05, 0) is 38.8 Å². The lowest BCUT2D eigenvalue weighted by atomic mass is 10.2. The molecule has 0 saturated carbocycles. The molecule has 20 heavy (non-hydrogen) atoms. The normalized spacial score (nSPS) is 28.3. The van der Waals surface area contributed by atoms with Gasteiger partial charge < -0.3 is 10.6 Å². The lowest BCUT2D eigenvalue weighted by molar-refractivity contribution is 0.497. The first-order valence-electron chi connectivity index (χ1n) is 6.66. The number of sulfonamides is 2. The van der Waals surface area contributed by atoms with Crippen LogP contribution in [0.5, 0.6) is 0 Å². The molecule has 0 unspecified atom stereocenters. The van der Waals surface area contributed by atoms with Crippen molar-refractivity contribution in [2.75, 3.05) is 26.2 Å². The highest BCUT2D eigenvalue weighted by molar-refractivity contribution is 7.90. The molecule has 0 aromatic carbocycles. The highest BCUT2D eigenvalue weighted by Crippen LogP contribution is 2.08. The van der Waals surface area contributed by atoms with Gasteiger partial charge in [0.25, 0.3) is 0 Å². The first-order chi connectivity index (χ1) is 9.21. The smallest absolute Gasteiger partial charge is 0.213 e. The standard InChI is InChI=1S/2C5H12N2O2S/c2*6-10(8,9)5-2-1-3-7-4-5/h2*5,7H,1-4H2,(H2,6,8,9)/t2*5-/m10/s1. The third kappa shape index (κ3) is 6.46. The van der Waals surface area contributed by atoms with E-state index in [1.807, 2.05) is 0 Å². The van der Waals surface area contributed by atoms with Crippen LogP contribution in [0.1, 0.15) is 25.7 Å². The van der Waals surface area contributed by atoms with E-state index in [1.54, 1.807) is 0 Å². The second kappa shape index (κ2) is 7.66. The Kier molecular flexibility index (Phi) is 6.82. The Hall–Kier alpha value is -0.260. The molecular formula is C10H24N4O4S2. The highest BCUT2D eigenvalue weighted by atomic mass is 32.2. The van der Waals surface area contributed by atoms with Gasteiger partial charge in [0, 0.05) is 13.1 Å². The molecular weight excluding hydrogens is 304 g/mol. The van der Waals surface area contributed by atoms with Crippen molar-refractivity contribution in [2.24, 2.45) is 10.3 Å². The van der Waals surface area contributed by atoms with Crippen molar-refractivity contribution in [2.45, 2.75) is 36.2 Å². The topological polar surface area (TPSA) is 144 Å². The molecule has 2 aliphatic rings. The van der Waals surface area contributed by atoms with Crippen molar-refractivity contribution in [3.63, 3.8) is 0 Å². The van der Waals surface area contributed by atoms with E-state index in [0.29, 0.717) is 25.9 Å². The van der Waals surface area contributed by atoms with E-state index in [2.05, 4.69) is 10.6 Å². The van der Waals surface area contributed by atoms with E-state index >= 15 is 0 Å². The van der Waals surface area contributed by atoms with Crippen LogP contribution in [0.3, 0.4) is 0 Å². The van der Waals surface area contributed by atoms with E-state index in [-0.39, 0.29) is 10.5 Å². The number of hydrogen-bond donors (Lipinski definition) is 4. The Labute approximate surface area is 120 Å². The predicted octanol–water partition coefficient (Wildman–Crippen LogP) is -1.95. The third-order valence-electron chi connectivity index (χ3n) is 3.43. The molecule has 2 heterocycles. The minimum absolute atomic E-state index is 0.360. The maximum Gasteiger partial charge on any atom is 0.213 e. The Morgan fingerprint density at radius 2 is 1.10 bits per heavy atom.